The molecule has 11 nitrogen and oxygen atoms in total. The van der Waals surface area contributed by atoms with Crippen LogP contribution in [0, 0.1) is 34.0 Å². The Bertz CT molecular complexity index is 1330. The van der Waals surface area contributed by atoms with E-state index in [1.54, 1.807) is 4.90 Å². The summed E-state index contributed by atoms with van der Waals surface area (Å²) in [6.45, 7) is 16.8. The van der Waals surface area contributed by atoms with Gasteiger partial charge in [0.05, 0.1) is 25.3 Å². The largest absolute Gasteiger partial charge is 0.375 e. The number of nitrogens with two attached hydrogens (primary N) is 1. The lowest BCUT2D eigenvalue weighted by Gasteiger charge is -2.39. The Hall–Kier alpha value is -3.47. The zero-order valence-electron chi connectivity index (χ0n) is 29.4. The number of carbonyl (C=O) groups is 5. The van der Waals surface area contributed by atoms with E-state index < -0.39 is 47.2 Å². The fourth-order valence-corrected chi connectivity index (χ4v) is 7.06. The SMILES string of the molecule is CC(C)(C)[C@H](NC(=O)N[C@H](COCc1ccccc1)C(C)(C)C)C(=O)N1C[C@H]2[C@@H]([C@H]1C(=O)NC(CC1CCC1)C(=O)C(N)=O)C2(C)C. The fourth-order valence-electron chi connectivity index (χ4n) is 7.06. The van der Waals surface area contributed by atoms with Crippen molar-refractivity contribution in [2.45, 2.75) is 112 Å². The lowest BCUT2D eigenvalue weighted by Crippen LogP contribution is -2.62. The standard InChI is InChI=1S/C36H55N5O6/c1-34(2,3)25(20-47-19-22-13-10-9-11-14-22)39-33(46)40-29(35(4,5)6)32(45)41-18-23-26(36(23,7)8)27(41)31(44)38-24(28(42)30(37)43)17-21-15-12-16-21/h9-11,13-14,21,23-27,29H,12,15-20H2,1-8H3,(H2,37,43)(H,38,44)(H2,39,40,46)/t23-,24?,25+,26-,27-,29+/m0/s1. The Labute approximate surface area is 279 Å². The molecule has 4 rings (SSSR count). The smallest absolute Gasteiger partial charge is 0.315 e. The molecule has 0 bridgehead atoms. The summed E-state index contributed by atoms with van der Waals surface area (Å²) in [7, 11) is 0. The van der Waals surface area contributed by atoms with Crippen LogP contribution in [0.1, 0.15) is 86.6 Å². The molecule has 1 aromatic rings. The molecule has 2 saturated carbocycles. The van der Waals surface area contributed by atoms with Crippen LogP contribution in [0.4, 0.5) is 4.79 Å². The zero-order chi connectivity index (χ0) is 34.9. The molecule has 1 unspecified atom stereocenters. The highest BCUT2D eigenvalue weighted by Gasteiger charge is 2.70. The lowest BCUT2D eigenvalue weighted by atomic mass is 9.80. The fraction of sp³-hybridized carbons (Fsp3) is 0.694. The van der Waals surface area contributed by atoms with Gasteiger partial charge >= 0.3 is 6.03 Å². The predicted molar refractivity (Wildman–Crippen MR) is 179 cm³/mol. The van der Waals surface area contributed by atoms with Gasteiger partial charge in [-0.1, -0.05) is 105 Å². The zero-order valence-corrected chi connectivity index (χ0v) is 29.4. The van der Waals surface area contributed by atoms with Gasteiger partial charge in [0.2, 0.25) is 17.6 Å². The molecule has 47 heavy (non-hydrogen) atoms. The minimum atomic E-state index is -1.08. The number of Topliss-reactive ketones (excluding diaryl/α,β-unsaturated/α-hetero) is 1. The van der Waals surface area contributed by atoms with Gasteiger partial charge in [-0.25, -0.2) is 4.79 Å². The number of likely N-dealkylation sites (tertiary alicyclic amines) is 1. The number of primary amides is 1. The second-order valence-electron chi connectivity index (χ2n) is 16.5. The van der Waals surface area contributed by atoms with Crippen molar-refractivity contribution >= 4 is 29.5 Å². The molecular weight excluding hydrogens is 598 g/mol. The van der Waals surface area contributed by atoms with Crippen LogP contribution in [-0.2, 0) is 30.5 Å². The van der Waals surface area contributed by atoms with E-state index >= 15 is 0 Å². The number of nitrogens with one attached hydrogen (secondary N) is 3. The van der Waals surface area contributed by atoms with Gasteiger partial charge < -0.3 is 31.3 Å². The molecule has 0 radical (unpaired) electrons. The van der Waals surface area contributed by atoms with Crippen molar-refractivity contribution in [3.8, 4) is 0 Å². The Morgan fingerprint density at radius 2 is 1.60 bits per heavy atom. The average molecular weight is 654 g/mol. The maximum absolute atomic E-state index is 14.3. The topological polar surface area (TPSA) is 160 Å². The van der Waals surface area contributed by atoms with Crippen LogP contribution in [0.15, 0.2) is 30.3 Å². The van der Waals surface area contributed by atoms with Crippen LogP contribution in [0.25, 0.3) is 0 Å². The first-order chi connectivity index (χ1) is 21.8. The number of ether oxygens (including phenoxy) is 1. The van der Waals surface area contributed by atoms with Gasteiger partial charge in [-0.15, -0.1) is 0 Å². The maximum Gasteiger partial charge on any atom is 0.315 e. The Kier molecular flexibility index (Phi) is 10.8. The second kappa shape index (κ2) is 13.9. The normalized spacial score (nSPS) is 23.8. The molecule has 6 atom stereocenters. The van der Waals surface area contributed by atoms with Crippen molar-refractivity contribution in [1.82, 2.24) is 20.9 Å². The Morgan fingerprint density at radius 3 is 2.13 bits per heavy atom. The van der Waals surface area contributed by atoms with Crippen LogP contribution >= 0.6 is 0 Å². The Balaban J connectivity index is 1.48. The van der Waals surface area contributed by atoms with E-state index in [0.717, 1.165) is 24.8 Å². The van der Waals surface area contributed by atoms with Crippen molar-refractivity contribution in [2.24, 2.45) is 39.7 Å². The van der Waals surface area contributed by atoms with Crippen molar-refractivity contribution in [3.63, 3.8) is 0 Å². The minimum Gasteiger partial charge on any atom is -0.375 e. The van der Waals surface area contributed by atoms with Crippen molar-refractivity contribution in [1.29, 1.82) is 0 Å². The molecule has 260 valence electrons. The van der Waals surface area contributed by atoms with Gasteiger partial charge in [-0.05, 0) is 46.0 Å². The van der Waals surface area contributed by atoms with E-state index in [1.807, 2.05) is 71.9 Å². The molecule has 11 heteroatoms. The van der Waals surface area contributed by atoms with Gasteiger partial charge in [0.25, 0.3) is 5.91 Å². The highest BCUT2D eigenvalue weighted by molar-refractivity contribution is 6.37. The first-order valence-corrected chi connectivity index (χ1v) is 17.0. The van der Waals surface area contributed by atoms with E-state index in [9.17, 15) is 24.0 Å². The second-order valence-corrected chi connectivity index (χ2v) is 16.5. The summed E-state index contributed by atoms with van der Waals surface area (Å²) in [6, 6.07) is 6.14. The third-order valence-electron chi connectivity index (χ3n) is 10.6. The molecule has 1 aliphatic heterocycles. The quantitative estimate of drug-likeness (QED) is 0.238. The average Bonchev–Trinajstić information content (AvgIpc) is 3.26. The number of hydrogen-bond acceptors (Lipinski definition) is 6. The first-order valence-electron chi connectivity index (χ1n) is 17.0. The van der Waals surface area contributed by atoms with E-state index in [0.29, 0.717) is 19.6 Å². The number of nitrogens with zero attached hydrogens (tertiary/aromatic N) is 1. The van der Waals surface area contributed by atoms with Gasteiger partial charge in [0, 0.05) is 6.54 Å². The van der Waals surface area contributed by atoms with E-state index in [1.165, 1.54) is 0 Å². The molecular formula is C36H55N5O6. The number of benzene rings is 1. The van der Waals surface area contributed by atoms with Crippen LogP contribution in [0.5, 0.6) is 0 Å². The van der Waals surface area contributed by atoms with Crippen LogP contribution in [0.3, 0.4) is 0 Å². The number of ketones is 1. The summed E-state index contributed by atoms with van der Waals surface area (Å²) >= 11 is 0. The molecule has 0 aromatic heterocycles. The molecule has 1 heterocycles. The summed E-state index contributed by atoms with van der Waals surface area (Å²) in [5, 5.41) is 8.77. The molecule has 5 N–H and O–H groups in total. The molecule has 5 amide bonds. The monoisotopic (exact) mass is 653 g/mol. The molecule has 3 aliphatic rings. The van der Waals surface area contributed by atoms with E-state index in [4.69, 9.17) is 10.5 Å². The molecule has 0 spiro atoms. The number of urea groups is 1. The minimum absolute atomic E-state index is 0.0978. The lowest BCUT2D eigenvalue weighted by molar-refractivity contribution is -0.145. The van der Waals surface area contributed by atoms with Crippen molar-refractivity contribution in [2.75, 3.05) is 13.2 Å². The number of piperidine rings is 1. The summed E-state index contributed by atoms with van der Waals surface area (Å²) in [6.07, 6.45) is 3.26. The molecule has 1 aromatic carbocycles. The number of fused-ring (bicyclic) bond motifs is 1. The number of hydrogen-bond donors (Lipinski definition) is 4. The number of amides is 5. The van der Waals surface area contributed by atoms with Crippen LogP contribution in [-0.4, -0.2) is 71.8 Å². The van der Waals surface area contributed by atoms with Crippen molar-refractivity contribution in [3.05, 3.63) is 35.9 Å². The summed E-state index contributed by atoms with van der Waals surface area (Å²) in [5.74, 6) is -2.50. The summed E-state index contributed by atoms with van der Waals surface area (Å²) < 4.78 is 5.97. The molecule has 2 aliphatic carbocycles. The van der Waals surface area contributed by atoms with Crippen LogP contribution < -0.4 is 21.7 Å². The van der Waals surface area contributed by atoms with Gasteiger partial charge in [0.1, 0.15) is 12.1 Å². The maximum atomic E-state index is 14.3. The predicted octanol–water partition coefficient (Wildman–Crippen LogP) is 3.54. The Morgan fingerprint density at radius 1 is 0.957 bits per heavy atom. The number of carbonyl (C=O) groups excluding carboxylic acids is 5. The summed E-state index contributed by atoms with van der Waals surface area (Å²) in [5.41, 5.74) is 5.18. The van der Waals surface area contributed by atoms with E-state index in [-0.39, 0.29) is 47.1 Å². The third kappa shape index (κ3) is 8.52. The highest BCUT2D eigenvalue weighted by atomic mass is 16.5. The summed E-state index contributed by atoms with van der Waals surface area (Å²) in [4.78, 5) is 67.9. The molecule has 3 fully saturated rings. The highest BCUT2D eigenvalue weighted by Crippen LogP contribution is 2.65. The van der Waals surface area contributed by atoms with Gasteiger partial charge in [-0.3, -0.25) is 19.2 Å². The van der Waals surface area contributed by atoms with Crippen molar-refractivity contribution < 1.29 is 28.7 Å². The number of rotatable bonds is 13. The van der Waals surface area contributed by atoms with E-state index in [2.05, 4.69) is 29.8 Å². The van der Waals surface area contributed by atoms with Gasteiger partial charge in [-0.2, -0.15) is 0 Å². The van der Waals surface area contributed by atoms with Gasteiger partial charge in [0.15, 0.2) is 0 Å². The first kappa shape index (κ1) is 36.4. The molecule has 1 saturated heterocycles. The van der Waals surface area contributed by atoms with Crippen LogP contribution in [0.2, 0.25) is 0 Å². The third-order valence-corrected chi connectivity index (χ3v) is 10.6.